The molecule has 3 rings (SSSR count). The van der Waals surface area contributed by atoms with Gasteiger partial charge in [0.15, 0.2) is 18.1 Å². The van der Waals surface area contributed by atoms with E-state index in [0.717, 1.165) is 18.4 Å². The lowest BCUT2D eigenvalue weighted by atomic mass is 10.0. The van der Waals surface area contributed by atoms with Crippen LogP contribution in [-0.4, -0.2) is 26.7 Å². The van der Waals surface area contributed by atoms with Gasteiger partial charge >= 0.3 is 0 Å². The fourth-order valence-corrected chi connectivity index (χ4v) is 3.25. The van der Waals surface area contributed by atoms with E-state index < -0.39 is 0 Å². The van der Waals surface area contributed by atoms with Gasteiger partial charge in [-0.05, 0) is 48.7 Å². The maximum Gasteiger partial charge on any atom is 0.258 e. The van der Waals surface area contributed by atoms with Crippen LogP contribution in [0.4, 0.5) is 0 Å². The van der Waals surface area contributed by atoms with E-state index in [1.165, 1.54) is 0 Å². The van der Waals surface area contributed by atoms with Gasteiger partial charge in [0.05, 0.1) is 24.8 Å². The monoisotopic (exact) mass is 395 g/mol. The number of ether oxygens (including phenoxy) is 3. The van der Waals surface area contributed by atoms with Crippen molar-refractivity contribution in [2.45, 2.75) is 18.4 Å². The van der Waals surface area contributed by atoms with Crippen molar-refractivity contribution in [2.24, 2.45) is 0 Å². The quantitative estimate of drug-likeness (QED) is 0.763. The third-order valence-corrected chi connectivity index (χ3v) is 4.85. The number of halogens is 2. The summed E-state index contributed by atoms with van der Waals surface area (Å²) >= 11 is 11.9. The first-order valence-electron chi connectivity index (χ1n) is 8.09. The Bertz CT molecular complexity index is 821. The lowest BCUT2D eigenvalue weighted by molar-refractivity contribution is -0.124. The fraction of sp³-hybridized carbons (Fsp3) is 0.316. The molecule has 0 aliphatic heterocycles. The molecule has 0 spiro atoms. The maximum atomic E-state index is 12.3. The minimum absolute atomic E-state index is 0.129. The van der Waals surface area contributed by atoms with Gasteiger partial charge in [0.2, 0.25) is 0 Å². The van der Waals surface area contributed by atoms with Crippen LogP contribution in [0.1, 0.15) is 18.4 Å². The summed E-state index contributed by atoms with van der Waals surface area (Å²) in [5.41, 5.74) is 0.595. The summed E-state index contributed by atoms with van der Waals surface area (Å²) in [6.45, 7) is -0.129. The number of rotatable bonds is 7. The first kappa shape index (κ1) is 18.7. The van der Waals surface area contributed by atoms with Gasteiger partial charge in [-0.2, -0.15) is 0 Å². The lowest BCUT2D eigenvalue weighted by Gasteiger charge is -2.20. The van der Waals surface area contributed by atoms with Gasteiger partial charge in [-0.3, -0.25) is 4.79 Å². The second-order valence-electron chi connectivity index (χ2n) is 6.06. The smallest absolute Gasteiger partial charge is 0.258 e. The SMILES string of the molecule is COc1ccc(C2(NC(=O)COc3ccc(Cl)cc3Cl)CC2)cc1OC. The van der Waals surface area contributed by atoms with E-state index in [-0.39, 0.29) is 18.1 Å². The van der Waals surface area contributed by atoms with Crippen LogP contribution in [0.3, 0.4) is 0 Å². The van der Waals surface area contributed by atoms with E-state index in [1.54, 1.807) is 32.4 Å². The standard InChI is InChI=1S/C19H19Cl2NO4/c1-24-16-5-3-12(9-17(16)25-2)19(7-8-19)22-18(23)11-26-15-6-4-13(20)10-14(15)21/h3-6,9-10H,7-8,11H2,1-2H3,(H,22,23). The zero-order chi connectivity index (χ0) is 18.7. The molecule has 0 saturated heterocycles. The number of carbonyl (C=O) groups excluding carboxylic acids is 1. The molecule has 1 saturated carbocycles. The predicted molar refractivity (Wildman–Crippen MR) is 101 cm³/mol. The van der Waals surface area contributed by atoms with E-state index in [9.17, 15) is 4.79 Å². The molecule has 1 aliphatic carbocycles. The molecule has 7 heteroatoms. The predicted octanol–water partition coefficient (Wildman–Crippen LogP) is 4.19. The van der Waals surface area contributed by atoms with E-state index >= 15 is 0 Å². The average Bonchev–Trinajstić information content (AvgIpc) is 3.41. The normalized spacial score (nSPS) is 14.5. The van der Waals surface area contributed by atoms with E-state index in [2.05, 4.69) is 5.32 Å². The molecule has 1 fully saturated rings. The summed E-state index contributed by atoms with van der Waals surface area (Å²) in [5.74, 6) is 1.49. The third kappa shape index (κ3) is 4.00. The molecule has 138 valence electrons. The maximum absolute atomic E-state index is 12.3. The van der Waals surface area contributed by atoms with Gasteiger partial charge in [0, 0.05) is 5.02 Å². The fourth-order valence-electron chi connectivity index (χ4n) is 2.78. The second kappa shape index (κ2) is 7.64. The highest BCUT2D eigenvalue weighted by atomic mass is 35.5. The summed E-state index contributed by atoms with van der Waals surface area (Å²) in [6.07, 6.45) is 1.71. The van der Waals surface area contributed by atoms with Crippen molar-refractivity contribution in [1.82, 2.24) is 5.32 Å². The Labute approximate surface area is 162 Å². The van der Waals surface area contributed by atoms with Crippen LogP contribution < -0.4 is 19.5 Å². The van der Waals surface area contributed by atoms with Crippen molar-refractivity contribution < 1.29 is 19.0 Å². The van der Waals surface area contributed by atoms with Crippen LogP contribution >= 0.6 is 23.2 Å². The third-order valence-electron chi connectivity index (χ3n) is 4.32. The molecule has 0 unspecified atom stereocenters. The lowest BCUT2D eigenvalue weighted by Crippen LogP contribution is -2.38. The highest BCUT2D eigenvalue weighted by Crippen LogP contribution is 2.47. The van der Waals surface area contributed by atoms with Gasteiger partial charge in [-0.1, -0.05) is 29.3 Å². The minimum Gasteiger partial charge on any atom is -0.493 e. The highest BCUT2D eigenvalue weighted by Gasteiger charge is 2.46. The van der Waals surface area contributed by atoms with Crippen molar-refractivity contribution >= 4 is 29.1 Å². The molecule has 0 atom stereocenters. The van der Waals surface area contributed by atoms with Crippen molar-refractivity contribution in [1.29, 1.82) is 0 Å². The summed E-state index contributed by atoms with van der Waals surface area (Å²) < 4.78 is 16.1. The zero-order valence-electron chi connectivity index (χ0n) is 14.5. The van der Waals surface area contributed by atoms with Crippen LogP contribution in [0.15, 0.2) is 36.4 Å². The Balaban J connectivity index is 1.65. The van der Waals surface area contributed by atoms with E-state index in [1.807, 2.05) is 18.2 Å². The molecule has 1 aliphatic rings. The molecule has 0 radical (unpaired) electrons. The Morgan fingerprint density at radius 1 is 1.04 bits per heavy atom. The average molecular weight is 396 g/mol. The summed E-state index contributed by atoms with van der Waals surface area (Å²) in [7, 11) is 3.18. The summed E-state index contributed by atoms with van der Waals surface area (Å²) in [4.78, 5) is 12.3. The van der Waals surface area contributed by atoms with E-state index in [0.29, 0.717) is 27.3 Å². The molecule has 2 aromatic rings. The van der Waals surface area contributed by atoms with Gasteiger partial charge in [-0.15, -0.1) is 0 Å². The molecule has 0 bridgehead atoms. The van der Waals surface area contributed by atoms with Gasteiger partial charge in [-0.25, -0.2) is 0 Å². The minimum atomic E-state index is -0.385. The first-order valence-corrected chi connectivity index (χ1v) is 8.84. The van der Waals surface area contributed by atoms with Crippen molar-refractivity contribution in [2.75, 3.05) is 20.8 Å². The summed E-state index contributed by atoms with van der Waals surface area (Å²) in [6, 6.07) is 10.5. The Kier molecular flexibility index (Phi) is 5.49. The molecular formula is C19H19Cl2NO4. The molecule has 2 aromatic carbocycles. The number of nitrogens with one attached hydrogen (secondary N) is 1. The number of benzene rings is 2. The molecule has 5 nitrogen and oxygen atoms in total. The Morgan fingerprint density at radius 2 is 1.73 bits per heavy atom. The number of hydrogen-bond acceptors (Lipinski definition) is 4. The first-order chi connectivity index (χ1) is 12.5. The number of carbonyl (C=O) groups is 1. The van der Waals surface area contributed by atoms with Crippen LogP contribution in [0, 0.1) is 0 Å². The topological polar surface area (TPSA) is 56.8 Å². The number of hydrogen-bond donors (Lipinski definition) is 1. The summed E-state index contributed by atoms with van der Waals surface area (Å²) in [5, 5.41) is 3.92. The Hall–Kier alpha value is -2.11. The van der Waals surface area contributed by atoms with Crippen molar-refractivity contribution in [3.8, 4) is 17.2 Å². The van der Waals surface area contributed by atoms with Crippen LogP contribution in [0.2, 0.25) is 10.0 Å². The molecule has 1 N–H and O–H groups in total. The van der Waals surface area contributed by atoms with Crippen molar-refractivity contribution in [3.63, 3.8) is 0 Å². The van der Waals surface area contributed by atoms with Crippen molar-refractivity contribution in [3.05, 3.63) is 52.0 Å². The second-order valence-corrected chi connectivity index (χ2v) is 6.91. The van der Waals surface area contributed by atoms with E-state index in [4.69, 9.17) is 37.4 Å². The Morgan fingerprint density at radius 3 is 2.35 bits per heavy atom. The van der Waals surface area contributed by atoms with Gasteiger partial charge in [0.1, 0.15) is 5.75 Å². The number of methoxy groups -OCH3 is 2. The molecule has 0 heterocycles. The van der Waals surface area contributed by atoms with Gasteiger partial charge < -0.3 is 19.5 Å². The van der Waals surface area contributed by atoms with Crippen LogP contribution in [0.5, 0.6) is 17.2 Å². The van der Waals surface area contributed by atoms with Crippen LogP contribution in [-0.2, 0) is 10.3 Å². The zero-order valence-corrected chi connectivity index (χ0v) is 16.0. The molecule has 0 aromatic heterocycles. The van der Waals surface area contributed by atoms with Crippen LogP contribution in [0.25, 0.3) is 0 Å². The van der Waals surface area contributed by atoms with Gasteiger partial charge in [0.25, 0.3) is 5.91 Å². The molecule has 1 amide bonds. The largest absolute Gasteiger partial charge is 0.493 e. The molecular weight excluding hydrogens is 377 g/mol. The molecule has 26 heavy (non-hydrogen) atoms. The highest BCUT2D eigenvalue weighted by molar-refractivity contribution is 6.35. The number of amides is 1.